The molecule has 4 heteroatoms. The molecule has 4 rings (SSSR count). The Morgan fingerprint density at radius 1 is 1.26 bits per heavy atom. The number of aromatic amines is 1. The van der Waals surface area contributed by atoms with Crippen LogP contribution in [0.25, 0.3) is 0 Å². The largest absolute Gasteiger partial charge is 0.346 e. The van der Waals surface area contributed by atoms with Gasteiger partial charge in [0.2, 0.25) is 0 Å². The summed E-state index contributed by atoms with van der Waals surface area (Å²) in [7, 11) is 0. The molecule has 0 bridgehead atoms. The summed E-state index contributed by atoms with van der Waals surface area (Å²) < 4.78 is 0. The Morgan fingerprint density at radius 3 is 2.96 bits per heavy atom. The minimum atomic E-state index is 0.174. The molecule has 0 unspecified atom stereocenters. The first-order valence-electron chi connectivity index (χ1n) is 8.63. The number of imidazole rings is 1. The number of benzene rings is 1. The summed E-state index contributed by atoms with van der Waals surface area (Å²) >= 11 is 0. The number of hydrogen-bond acceptors (Lipinski definition) is 2. The number of amides is 1. The molecular weight excluding hydrogens is 286 g/mol. The Bertz CT molecular complexity index is 734. The van der Waals surface area contributed by atoms with E-state index in [0.29, 0.717) is 5.92 Å². The molecule has 0 saturated carbocycles. The number of hydrogen-bond donors (Lipinski definition) is 1. The molecule has 1 aliphatic carbocycles. The molecule has 1 N–H and O–H groups in total. The minimum absolute atomic E-state index is 0.174. The van der Waals surface area contributed by atoms with Crippen LogP contribution in [0.15, 0.2) is 24.4 Å². The molecule has 0 spiro atoms. The highest BCUT2D eigenvalue weighted by molar-refractivity contribution is 5.94. The SMILES string of the molecule is Cc1cnc([C@H]2CCCN(C(=O)c3ccc4c(c3)CCC4)C2)[nH]1. The number of nitrogens with zero attached hydrogens (tertiary/aromatic N) is 2. The number of fused-ring (bicyclic) bond motifs is 1. The lowest BCUT2D eigenvalue weighted by Crippen LogP contribution is -2.39. The smallest absolute Gasteiger partial charge is 0.253 e. The lowest BCUT2D eigenvalue weighted by molar-refractivity contribution is 0.0704. The number of carbonyl (C=O) groups excluding carboxylic acids is 1. The van der Waals surface area contributed by atoms with Gasteiger partial charge in [-0.05, 0) is 62.3 Å². The van der Waals surface area contributed by atoms with E-state index in [-0.39, 0.29) is 5.91 Å². The summed E-state index contributed by atoms with van der Waals surface area (Å²) in [6, 6.07) is 6.27. The van der Waals surface area contributed by atoms with Crippen LogP contribution >= 0.6 is 0 Å². The van der Waals surface area contributed by atoms with Crippen LogP contribution in [0.1, 0.15) is 58.2 Å². The van der Waals surface area contributed by atoms with Gasteiger partial charge in [-0.2, -0.15) is 0 Å². The average Bonchev–Trinajstić information content (AvgIpc) is 3.22. The Labute approximate surface area is 136 Å². The van der Waals surface area contributed by atoms with E-state index in [2.05, 4.69) is 22.1 Å². The third-order valence-electron chi connectivity index (χ3n) is 5.16. The fraction of sp³-hybridized carbons (Fsp3) is 0.474. The van der Waals surface area contributed by atoms with E-state index in [1.54, 1.807) is 0 Å². The molecule has 1 saturated heterocycles. The summed E-state index contributed by atoms with van der Waals surface area (Å²) in [5.74, 6) is 1.53. The number of piperidine rings is 1. The van der Waals surface area contributed by atoms with E-state index >= 15 is 0 Å². The predicted octanol–water partition coefficient (Wildman–Crippen LogP) is 3.23. The van der Waals surface area contributed by atoms with Crippen LogP contribution in [-0.2, 0) is 12.8 Å². The van der Waals surface area contributed by atoms with Crippen molar-refractivity contribution in [3.05, 3.63) is 52.6 Å². The molecule has 1 aliphatic heterocycles. The second-order valence-electron chi connectivity index (χ2n) is 6.88. The van der Waals surface area contributed by atoms with E-state index in [9.17, 15) is 4.79 Å². The van der Waals surface area contributed by atoms with E-state index < -0.39 is 0 Å². The van der Waals surface area contributed by atoms with Crippen molar-refractivity contribution >= 4 is 5.91 Å². The lowest BCUT2D eigenvalue weighted by Gasteiger charge is -2.32. The van der Waals surface area contributed by atoms with Crippen LogP contribution in [0.5, 0.6) is 0 Å². The first-order valence-corrected chi connectivity index (χ1v) is 8.63. The summed E-state index contributed by atoms with van der Waals surface area (Å²) in [6.07, 6.45) is 7.51. The van der Waals surface area contributed by atoms with Crippen LogP contribution in [0.4, 0.5) is 0 Å². The highest BCUT2D eigenvalue weighted by Crippen LogP contribution is 2.27. The Hall–Kier alpha value is -2.10. The molecule has 1 aromatic heterocycles. The van der Waals surface area contributed by atoms with Crippen molar-refractivity contribution in [2.45, 2.75) is 44.9 Å². The van der Waals surface area contributed by atoms with Gasteiger partial charge < -0.3 is 9.88 Å². The fourth-order valence-corrected chi connectivity index (χ4v) is 3.91. The van der Waals surface area contributed by atoms with Crippen LogP contribution in [0.3, 0.4) is 0 Å². The summed E-state index contributed by atoms with van der Waals surface area (Å²) in [5.41, 5.74) is 4.72. The molecule has 2 aromatic rings. The van der Waals surface area contributed by atoms with E-state index in [0.717, 1.165) is 55.9 Å². The molecule has 1 fully saturated rings. The molecule has 0 radical (unpaired) electrons. The zero-order valence-electron chi connectivity index (χ0n) is 13.6. The van der Waals surface area contributed by atoms with Crippen molar-refractivity contribution in [1.82, 2.24) is 14.9 Å². The molecule has 4 nitrogen and oxygen atoms in total. The number of H-pyrrole nitrogens is 1. The normalized spacial score (nSPS) is 20.6. The topological polar surface area (TPSA) is 49.0 Å². The van der Waals surface area contributed by atoms with Crippen LogP contribution < -0.4 is 0 Å². The molecule has 23 heavy (non-hydrogen) atoms. The molecule has 120 valence electrons. The third kappa shape index (κ3) is 2.78. The number of likely N-dealkylation sites (tertiary alicyclic amines) is 1. The second-order valence-corrected chi connectivity index (χ2v) is 6.88. The lowest BCUT2D eigenvalue weighted by atomic mass is 9.96. The number of aromatic nitrogens is 2. The maximum Gasteiger partial charge on any atom is 0.253 e. The number of rotatable bonds is 2. The first-order chi connectivity index (χ1) is 11.2. The summed E-state index contributed by atoms with van der Waals surface area (Å²) in [5, 5.41) is 0. The number of aryl methyl sites for hydroxylation is 3. The maximum atomic E-state index is 12.9. The monoisotopic (exact) mass is 309 g/mol. The maximum absolute atomic E-state index is 12.9. The van der Waals surface area contributed by atoms with E-state index in [1.807, 2.05) is 24.1 Å². The van der Waals surface area contributed by atoms with Crippen LogP contribution in [0, 0.1) is 6.92 Å². The van der Waals surface area contributed by atoms with E-state index in [1.165, 1.54) is 17.5 Å². The second kappa shape index (κ2) is 5.84. The van der Waals surface area contributed by atoms with Gasteiger partial charge in [0.25, 0.3) is 5.91 Å². The van der Waals surface area contributed by atoms with Crippen molar-refractivity contribution in [2.75, 3.05) is 13.1 Å². The molecule has 1 amide bonds. The average molecular weight is 309 g/mol. The molecule has 2 aliphatic rings. The quantitative estimate of drug-likeness (QED) is 0.926. The zero-order chi connectivity index (χ0) is 15.8. The Kier molecular flexibility index (Phi) is 3.68. The van der Waals surface area contributed by atoms with Crippen LogP contribution in [-0.4, -0.2) is 33.9 Å². The van der Waals surface area contributed by atoms with Crippen molar-refractivity contribution in [3.63, 3.8) is 0 Å². The summed E-state index contributed by atoms with van der Waals surface area (Å²) in [6.45, 7) is 3.64. The van der Waals surface area contributed by atoms with Gasteiger partial charge in [-0.15, -0.1) is 0 Å². The highest BCUT2D eigenvalue weighted by atomic mass is 16.2. The minimum Gasteiger partial charge on any atom is -0.346 e. The third-order valence-corrected chi connectivity index (χ3v) is 5.16. The van der Waals surface area contributed by atoms with Gasteiger partial charge in [-0.25, -0.2) is 4.98 Å². The number of carbonyl (C=O) groups is 1. The highest BCUT2D eigenvalue weighted by Gasteiger charge is 2.27. The summed E-state index contributed by atoms with van der Waals surface area (Å²) in [4.78, 5) is 22.7. The van der Waals surface area contributed by atoms with Gasteiger partial charge in [-0.3, -0.25) is 4.79 Å². The van der Waals surface area contributed by atoms with Crippen LogP contribution in [0.2, 0.25) is 0 Å². The molecular formula is C19H23N3O. The van der Waals surface area contributed by atoms with Gasteiger partial charge in [0.1, 0.15) is 5.82 Å². The predicted molar refractivity (Wildman–Crippen MR) is 89.7 cm³/mol. The molecule has 1 aromatic carbocycles. The standard InChI is InChI=1S/C19H23N3O/c1-13-11-20-18(21-13)17-6-3-9-22(12-17)19(23)16-8-7-14-4-2-5-15(14)10-16/h7-8,10-11,17H,2-6,9,12H2,1H3,(H,20,21)/t17-/m0/s1. The number of nitrogens with one attached hydrogen (secondary N) is 1. The molecule has 1 atom stereocenters. The fourth-order valence-electron chi connectivity index (χ4n) is 3.91. The van der Waals surface area contributed by atoms with Gasteiger partial charge >= 0.3 is 0 Å². The van der Waals surface area contributed by atoms with Gasteiger partial charge in [-0.1, -0.05) is 6.07 Å². The van der Waals surface area contributed by atoms with Gasteiger partial charge in [0.05, 0.1) is 0 Å². The Morgan fingerprint density at radius 2 is 2.13 bits per heavy atom. The van der Waals surface area contributed by atoms with Gasteiger partial charge in [0, 0.05) is 36.5 Å². The Balaban J connectivity index is 1.51. The van der Waals surface area contributed by atoms with Crippen molar-refractivity contribution < 1.29 is 4.79 Å². The zero-order valence-corrected chi connectivity index (χ0v) is 13.6. The van der Waals surface area contributed by atoms with Crippen molar-refractivity contribution in [1.29, 1.82) is 0 Å². The van der Waals surface area contributed by atoms with Crippen molar-refractivity contribution in [2.24, 2.45) is 0 Å². The molecule has 2 heterocycles. The van der Waals surface area contributed by atoms with Gasteiger partial charge in [0.15, 0.2) is 0 Å². The first kappa shape index (κ1) is 14.5. The van der Waals surface area contributed by atoms with Crippen molar-refractivity contribution in [3.8, 4) is 0 Å². The van der Waals surface area contributed by atoms with E-state index in [4.69, 9.17) is 0 Å².